The first-order chi connectivity index (χ1) is 17.0. The highest BCUT2D eigenvalue weighted by atomic mass is 79.9. The quantitative estimate of drug-likeness (QED) is 0.253. The van der Waals surface area contributed by atoms with Crippen LogP contribution in [0.5, 0.6) is 23.0 Å². The average Bonchev–Trinajstić information content (AvgIpc) is 3.18. The number of ketones is 1. The van der Waals surface area contributed by atoms with Gasteiger partial charge >= 0.3 is 5.97 Å². The molecule has 0 fully saturated rings. The second-order valence-corrected chi connectivity index (χ2v) is 9.31. The zero-order valence-electron chi connectivity index (χ0n) is 18.6. The second kappa shape index (κ2) is 8.55. The molecular weight excluding hydrogens is 516 g/mol. The topological polar surface area (TPSA) is 80.3 Å². The largest absolute Gasteiger partial charge is 0.497 e. The molecular formula is C27H19BrO7. The molecule has 0 bridgehead atoms. The first kappa shape index (κ1) is 21.9. The van der Waals surface area contributed by atoms with Crippen molar-refractivity contribution in [3.63, 3.8) is 0 Å². The second-order valence-electron chi connectivity index (χ2n) is 8.39. The van der Waals surface area contributed by atoms with Gasteiger partial charge in [0, 0.05) is 27.1 Å². The number of methoxy groups -OCH3 is 1. The molecule has 8 heteroatoms. The van der Waals surface area contributed by atoms with Crippen molar-refractivity contribution in [1.82, 2.24) is 0 Å². The fraction of sp³-hybridized carbons (Fsp3) is 0.185. The maximum absolute atomic E-state index is 13.2. The van der Waals surface area contributed by atoms with E-state index in [4.69, 9.17) is 23.7 Å². The summed E-state index contributed by atoms with van der Waals surface area (Å²) in [4.78, 5) is 25.8. The van der Waals surface area contributed by atoms with Gasteiger partial charge in [0.15, 0.2) is 12.6 Å². The third-order valence-electron chi connectivity index (χ3n) is 6.27. The fourth-order valence-corrected chi connectivity index (χ4v) is 5.21. The standard InChI is InChI=1S/C27H19BrO7/c1-31-17-4-2-14(3-5-17)8-22-25(30)18-6-7-21-24(27(18)35-22)19(11-23(29)34-21)20-10-16(28)9-15-12-32-13-33-26(15)20/h2-10,19H,11-13H2,1H3/b22-8+/t19-/m1/s1. The third kappa shape index (κ3) is 3.79. The lowest BCUT2D eigenvalue weighted by molar-refractivity contribution is -0.135. The highest BCUT2D eigenvalue weighted by Crippen LogP contribution is 2.51. The van der Waals surface area contributed by atoms with E-state index in [2.05, 4.69) is 15.9 Å². The van der Waals surface area contributed by atoms with E-state index >= 15 is 0 Å². The maximum Gasteiger partial charge on any atom is 0.312 e. The summed E-state index contributed by atoms with van der Waals surface area (Å²) in [5, 5.41) is 0. The van der Waals surface area contributed by atoms with Gasteiger partial charge in [-0.25, -0.2) is 0 Å². The SMILES string of the molecule is COc1ccc(/C=C2/Oc3c(ccc4c3[C@@H](c3cc(Br)cc5c3OCOC5)CC(=O)O4)C2=O)cc1. The summed E-state index contributed by atoms with van der Waals surface area (Å²) in [6, 6.07) is 14.5. The Labute approximate surface area is 209 Å². The van der Waals surface area contributed by atoms with Gasteiger partial charge in [0.1, 0.15) is 23.0 Å². The molecule has 0 amide bonds. The molecule has 6 rings (SSSR count). The van der Waals surface area contributed by atoms with Crippen molar-refractivity contribution in [3.8, 4) is 23.0 Å². The highest BCUT2D eigenvalue weighted by molar-refractivity contribution is 9.10. The molecule has 3 aliphatic heterocycles. The minimum Gasteiger partial charge on any atom is -0.497 e. The molecule has 0 aromatic heterocycles. The number of ether oxygens (including phenoxy) is 5. The van der Waals surface area contributed by atoms with E-state index < -0.39 is 5.92 Å². The van der Waals surface area contributed by atoms with E-state index in [0.29, 0.717) is 35.0 Å². The highest BCUT2D eigenvalue weighted by Gasteiger charge is 2.40. The lowest BCUT2D eigenvalue weighted by Crippen LogP contribution is -2.23. The van der Waals surface area contributed by atoms with Crippen LogP contribution in [-0.4, -0.2) is 25.7 Å². The predicted octanol–water partition coefficient (Wildman–Crippen LogP) is 5.38. The Kier molecular flexibility index (Phi) is 5.35. The smallest absolute Gasteiger partial charge is 0.312 e. The molecule has 0 saturated carbocycles. The molecule has 3 heterocycles. The summed E-state index contributed by atoms with van der Waals surface area (Å²) in [6.07, 6.45) is 1.78. The van der Waals surface area contributed by atoms with Crippen LogP contribution in [0, 0.1) is 0 Å². The number of fused-ring (bicyclic) bond motifs is 4. The van der Waals surface area contributed by atoms with Crippen molar-refractivity contribution in [2.75, 3.05) is 13.9 Å². The molecule has 3 aromatic rings. The number of hydrogen-bond acceptors (Lipinski definition) is 7. The molecule has 7 nitrogen and oxygen atoms in total. The Bertz CT molecular complexity index is 1410. The summed E-state index contributed by atoms with van der Waals surface area (Å²) < 4.78 is 29.0. The number of Topliss-reactive ketones (excluding diaryl/α,β-unsaturated/α-hetero) is 1. The van der Waals surface area contributed by atoms with Gasteiger partial charge < -0.3 is 23.7 Å². The van der Waals surface area contributed by atoms with Crippen molar-refractivity contribution in [2.24, 2.45) is 0 Å². The molecule has 35 heavy (non-hydrogen) atoms. The zero-order chi connectivity index (χ0) is 24.1. The van der Waals surface area contributed by atoms with Gasteiger partial charge in [-0.15, -0.1) is 0 Å². The molecule has 0 radical (unpaired) electrons. The van der Waals surface area contributed by atoms with Gasteiger partial charge in [-0.1, -0.05) is 28.1 Å². The van der Waals surface area contributed by atoms with Crippen molar-refractivity contribution in [2.45, 2.75) is 18.9 Å². The lowest BCUT2D eigenvalue weighted by Gasteiger charge is -2.29. The fourth-order valence-electron chi connectivity index (χ4n) is 4.69. The summed E-state index contributed by atoms with van der Waals surface area (Å²) in [5.74, 6) is 1.39. The number of halogens is 1. The van der Waals surface area contributed by atoms with E-state index in [1.807, 2.05) is 36.4 Å². The van der Waals surface area contributed by atoms with Crippen LogP contribution in [0.15, 0.2) is 58.8 Å². The van der Waals surface area contributed by atoms with Crippen LogP contribution in [0.3, 0.4) is 0 Å². The van der Waals surface area contributed by atoms with Crippen LogP contribution in [0.4, 0.5) is 0 Å². The average molecular weight is 535 g/mol. The first-order valence-corrected chi connectivity index (χ1v) is 11.8. The Morgan fingerprint density at radius 2 is 1.86 bits per heavy atom. The van der Waals surface area contributed by atoms with Gasteiger partial charge in [0.2, 0.25) is 5.78 Å². The zero-order valence-corrected chi connectivity index (χ0v) is 20.2. The van der Waals surface area contributed by atoms with Gasteiger partial charge in [0.25, 0.3) is 0 Å². The molecule has 1 atom stereocenters. The van der Waals surface area contributed by atoms with E-state index in [1.165, 1.54) is 0 Å². The minimum absolute atomic E-state index is 0.0889. The van der Waals surface area contributed by atoms with E-state index in [9.17, 15) is 9.59 Å². The van der Waals surface area contributed by atoms with Gasteiger partial charge in [0.05, 0.1) is 25.7 Å². The Hall–Kier alpha value is -3.62. The molecule has 0 saturated heterocycles. The summed E-state index contributed by atoms with van der Waals surface area (Å²) in [7, 11) is 1.60. The number of rotatable bonds is 3. The molecule has 176 valence electrons. The normalized spacial score (nSPS) is 19.3. The van der Waals surface area contributed by atoms with Crippen LogP contribution in [0.1, 0.15) is 45.0 Å². The number of carbonyl (C=O) groups is 2. The third-order valence-corrected chi connectivity index (χ3v) is 6.73. The van der Waals surface area contributed by atoms with Crippen molar-refractivity contribution < 1.29 is 33.3 Å². The number of carbonyl (C=O) groups excluding carboxylic acids is 2. The lowest BCUT2D eigenvalue weighted by atomic mass is 9.83. The predicted molar refractivity (Wildman–Crippen MR) is 129 cm³/mol. The van der Waals surface area contributed by atoms with Crippen molar-refractivity contribution in [1.29, 1.82) is 0 Å². The van der Waals surface area contributed by atoms with Gasteiger partial charge in [-0.3, -0.25) is 9.59 Å². The van der Waals surface area contributed by atoms with E-state index in [0.717, 1.165) is 26.9 Å². The van der Waals surface area contributed by atoms with Gasteiger partial charge in [-0.2, -0.15) is 0 Å². The van der Waals surface area contributed by atoms with Crippen LogP contribution in [0.25, 0.3) is 6.08 Å². The first-order valence-electron chi connectivity index (χ1n) is 11.0. The molecule has 3 aromatic carbocycles. The number of benzene rings is 3. The summed E-state index contributed by atoms with van der Waals surface area (Å²) in [6.45, 7) is 0.532. The van der Waals surface area contributed by atoms with Crippen molar-refractivity contribution >= 4 is 33.8 Å². The molecule has 3 aliphatic rings. The summed E-state index contributed by atoms with van der Waals surface area (Å²) in [5.41, 5.74) is 3.58. The van der Waals surface area contributed by atoms with Crippen LogP contribution in [0.2, 0.25) is 0 Å². The van der Waals surface area contributed by atoms with E-state index in [-0.39, 0.29) is 30.7 Å². The molecule has 0 aliphatic carbocycles. The van der Waals surface area contributed by atoms with Crippen LogP contribution >= 0.6 is 15.9 Å². The van der Waals surface area contributed by atoms with Crippen LogP contribution in [-0.2, 0) is 16.1 Å². The Morgan fingerprint density at radius 1 is 1.03 bits per heavy atom. The molecule has 0 unspecified atom stereocenters. The van der Waals surface area contributed by atoms with E-state index in [1.54, 1.807) is 25.3 Å². The Morgan fingerprint density at radius 3 is 2.66 bits per heavy atom. The van der Waals surface area contributed by atoms with Crippen molar-refractivity contribution in [3.05, 3.63) is 86.6 Å². The number of hydrogen-bond donors (Lipinski definition) is 0. The van der Waals surface area contributed by atoms with Crippen LogP contribution < -0.4 is 18.9 Å². The summed E-state index contributed by atoms with van der Waals surface area (Å²) >= 11 is 3.56. The minimum atomic E-state index is -0.418. The Balaban J connectivity index is 1.46. The molecule has 0 spiro atoms. The van der Waals surface area contributed by atoms with Gasteiger partial charge in [-0.05, 0) is 48.0 Å². The number of esters is 1. The maximum atomic E-state index is 13.2. The monoisotopic (exact) mass is 534 g/mol. The number of allylic oxidation sites excluding steroid dienone is 1. The molecule has 0 N–H and O–H groups in total.